The number of hydrogen-bond acceptors (Lipinski definition) is 3. The first-order valence-corrected chi connectivity index (χ1v) is 7.39. The van der Waals surface area contributed by atoms with Crippen LogP contribution >= 0.6 is 0 Å². The molecule has 0 saturated heterocycles. The van der Waals surface area contributed by atoms with E-state index >= 15 is 0 Å². The molecule has 0 aliphatic carbocycles. The van der Waals surface area contributed by atoms with Crippen LogP contribution in [0.2, 0.25) is 0 Å². The molecule has 0 saturated carbocycles. The van der Waals surface area contributed by atoms with Crippen molar-refractivity contribution in [1.29, 1.82) is 0 Å². The highest BCUT2D eigenvalue weighted by Gasteiger charge is 2.16. The van der Waals surface area contributed by atoms with Gasteiger partial charge < -0.3 is 15.4 Å². The largest absolute Gasteiger partial charge is 0.379 e. The van der Waals surface area contributed by atoms with Crippen molar-refractivity contribution in [3.8, 4) is 0 Å². The normalized spacial score (nSPS) is 14.2. The van der Waals surface area contributed by atoms with Crippen LogP contribution in [0.25, 0.3) is 0 Å². The Hall–Kier alpha value is -1.39. The third-order valence-corrected chi connectivity index (χ3v) is 3.44. The van der Waals surface area contributed by atoms with Crippen molar-refractivity contribution in [2.75, 3.05) is 19.7 Å². The summed E-state index contributed by atoms with van der Waals surface area (Å²) in [6.07, 6.45) is 2.02. The first-order valence-electron chi connectivity index (χ1n) is 7.39. The standard InChI is InChI=1S/C16H24N2O2/c1-12(2)20-10-4-8-18-16(19)15-6-3-5-13-11-17-9-7-14(13)15/h3,5-6,12,17H,4,7-11H2,1-2H3,(H,18,19). The third kappa shape index (κ3) is 4.05. The molecule has 1 aromatic rings. The molecule has 0 unspecified atom stereocenters. The molecule has 0 radical (unpaired) electrons. The number of carbonyl (C=O) groups excluding carboxylic acids is 1. The van der Waals surface area contributed by atoms with E-state index in [2.05, 4.69) is 16.7 Å². The quantitative estimate of drug-likeness (QED) is 0.780. The highest BCUT2D eigenvalue weighted by Crippen LogP contribution is 2.18. The van der Waals surface area contributed by atoms with E-state index < -0.39 is 0 Å². The number of amides is 1. The maximum absolute atomic E-state index is 12.2. The maximum atomic E-state index is 12.2. The van der Waals surface area contributed by atoms with Crippen LogP contribution in [0.3, 0.4) is 0 Å². The highest BCUT2D eigenvalue weighted by molar-refractivity contribution is 5.96. The van der Waals surface area contributed by atoms with E-state index in [1.54, 1.807) is 0 Å². The molecule has 1 aliphatic heterocycles. The molecule has 110 valence electrons. The van der Waals surface area contributed by atoms with E-state index in [1.807, 2.05) is 26.0 Å². The summed E-state index contributed by atoms with van der Waals surface area (Å²) < 4.78 is 5.46. The first kappa shape index (κ1) is 15.0. The molecule has 1 aromatic carbocycles. The number of fused-ring (bicyclic) bond motifs is 1. The Morgan fingerprint density at radius 2 is 2.30 bits per heavy atom. The molecule has 1 amide bonds. The third-order valence-electron chi connectivity index (χ3n) is 3.44. The van der Waals surface area contributed by atoms with Crippen LogP contribution in [0.5, 0.6) is 0 Å². The fourth-order valence-corrected chi connectivity index (χ4v) is 2.43. The van der Waals surface area contributed by atoms with Crippen LogP contribution < -0.4 is 10.6 Å². The summed E-state index contributed by atoms with van der Waals surface area (Å²) in [5, 5.41) is 6.31. The summed E-state index contributed by atoms with van der Waals surface area (Å²) in [5.41, 5.74) is 3.27. The zero-order chi connectivity index (χ0) is 14.4. The SMILES string of the molecule is CC(C)OCCCNC(=O)c1cccc2c1CCNC2. The van der Waals surface area contributed by atoms with E-state index in [0.717, 1.165) is 31.5 Å². The molecule has 1 heterocycles. The molecule has 0 bridgehead atoms. The molecule has 2 N–H and O–H groups in total. The molecule has 4 heteroatoms. The fourth-order valence-electron chi connectivity index (χ4n) is 2.43. The van der Waals surface area contributed by atoms with Crippen LogP contribution in [0.15, 0.2) is 18.2 Å². The van der Waals surface area contributed by atoms with Gasteiger partial charge in [0.2, 0.25) is 0 Å². The minimum Gasteiger partial charge on any atom is -0.379 e. The minimum atomic E-state index is 0.0355. The van der Waals surface area contributed by atoms with Gasteiger partial charge in [-0.05, 0) is 50.4 Å². The maximum Gasteiger partial charge on any atom is 0.251 e. The van der Waals surface area contributed by atoms with E-state index in [0.29, 0.717) is 13.2 Å². The molecule has 1 aliphatic rings. The lowest BCUT2D eigenvalue weighted by molar-refractivity contribution is 0.0757. The second kappa shape index (κ2) is 7.41. The number of nitrogens with one attached hydrogen (secondary N) is 2. The Morgan fingerprint density at radius 3 is 3.10 bits per heavy atom. The monoisotopic (exact) mass is 276 g/mol. The van der Waals surface area contributed by atoms with E-state index in [-0.39, 0.29) is 12.0 Å². The summed E-state index contributed by atoms with van der Waals surface area (Å²) in [6.45, 7) is 7.19. The summed E-state index contributed by atoms with van der Waals surface area (Å²) in [5.74, 6) is 0.0355. The van der Waals surface area contributed by atoms with Crippen molar-refractivity contribution in [2.45, 2.75) is 39.3 Å². The van der Waals surface area contributed by atoms with Crippen molar-refractivity contribution in [3.05, 3.63) is 34.9 Å². The average molecular weight is 276 g/mol. The van der Waals surface area contributed by atoms with Gasteiger partial charge in [0.05, 0.1) is 6.10 Å². The van der Waals surface area contributed by atoms with Crippen LogP contribution in [-0.2, 0) is 17.7 Å². The number of benzene rings is 1. The van der Waals surface area contributed by atoms with Crippen molar-refractivity contribution >= 4 is 5.91 Å². The van der Waals surface area contributed by atoms with Crippen LogP contribution in [0.4, 0.5) is 0 Å². The van der Waals surface area contributed by atoms with Gasteiger partial charge in [-0.1, -0.05) is 12.1 Å². The van der Waals surface area contributed by atoms with Gasteiger partial charge in [-0.25, -0.2) is 0 Å². The smallest absolute Gasteiger partial charge is 0.251 e. The number of hydrogen-bond donors (Lipinski definition) is 2. The Morgan fingerprint density at radius 1 is 1.45 bits per heavy atom. The molecule has 0 fully saturated rings. The Bertz CT molecular complexity index is 458. The lowest BCUT2D eigenvalue weighted by Crippen LogP contribution is -2.30. The Labute approximate surface area is 120 Å². The van der Waals surface area contributed by atoms with Gasteiger partial charge in [-0.3, -0.25) is 4.79 Å². The molecule has 0 aromatic heterocycles. The summed E-state index contributed by atoms with van der Waals surface area (Å²) in [4.78, 5) is 12.2. The van der Waals surface area contributed by atoms with Crippen molar-refractivity contribution in [2.24, 2.45) is 0 Å². The van der Waals surface area contributed by atoms with Gasteiger partial charge in [0.15, 0.2) is 0 Å². The van der Waals surface area contributed by atoms with Gasteiger partial charge in [-0.2, -0.15) is 0 Å². The van der Waals surface area contributed by atoms with Crippen molar-refractivity contribution in [1.82, 2.24) is 10.6 Å². The van der Waals surface area contributed by atoms with Crippen LogP contribution in [-0.4, -0.2) is 31.7 Å². The first-order chi connectivity index (χ1) is 9.68. The lowest BCUT2D eigenvalue weighted by atomic mass is 9.95. The van der Waals surface area contributed by atoms with E-state index in [9.17, 15) is 4.79 Å². The van der Waals surface area contributed by atoms with Crippen molar-refractivity contribution < 1.29 is 9.53 Å². The summed E-state index contributed by atoms with van der Waals surface area (Å²) >= 11 is 0. The van der Waals surface area contributed by atoms with Gasteiger partial charge in [0, 0.05) is 25.3 Å². The van der Waals surface area contributed by atoms with Crippen LogP contribution in [0, 0.1) is 0 Å². The topological polar surface area (TPSA) is 50.4 Å². The number of carbonyl (C=O) groups is 1. The molecular weight excluding hydrogens is 252 g/mol. The zero-order valence-electron chi connectivity index (χ0n) is 12.4. The molecule has 4 nitrogen and oxygen atoms in total. The Kier molecular flexibility index (Phi) is 5.56. The average Bonchev–Trinajstić information content (AvgIpc) is 2.45. The predicted molar refractivity (Wildman–Crippen MR) is 79.9 cm³/mol. The second-order valence-electron chi connectivity index (χ2n) is 5.40. The molecule has 20 heavy (non-hydrogen) atoms. The minimum absolute atomic E-state index is 0.0355. The van der Waals surface area contributed by atoms with Crippen LogP contribution in [0.1, 0.15) is 41.8 Å². The Balaban J connectivity index is 1.86. The number of rotatable bonds is 6. The van der Waals surface area contributed by atoms with Gasteiger partial charge in [0.25, 0.3) is 5.91 Å². The lowest BCUT2D eigenvalue weighted by Gasteiger charge is -2.20. The molecular formula is C16H24N2O2. The number of ether oxygens (including phenoxy) is 1. The predicted octanol–water partition coefficient (Wildman–Crippen LogP) is 1.88. The molecule has 2 rings (SSSR count). The van der Waals surface area contributed by atoms with Crippen molar-refractivity contribution in [3.63, 3.8) is 0 Å². The molecule has 0 atom stereocenters. The van der Waals surface area contributed by atoms with Gasteiger partial charge >= 0.3 is 0 Å². The fraction of sp³-hybridized carbons (Fsp3) is 0.562. The summed E-state index contributed by atoms with van der Waals surface area (Å²) in [6, 6.07) is 5.97. The van der Waals surface area contributed by atoms with E-state index in [4.69, 9.17) is 4.74 Å². The molecule has 0 spiro atoms. The highest BCUT2D eigenvalue weighted by atomic mass is 16.5. The van der Waals surface area contributed by atoms with Gasteiger partial charge in [0.1, 0.15) is 0 Å². The van der Waals surface area contributed by atoms with Gasteiger partial charge in [-0.15, -0.1) is 0 Å². The summed E-state index contributed by atoms with van der Waals surface area (Å²) in [7, 11) is 0. The zero-order valence-corrected chi connectivity index (χ0v) is 12.4. The van der Waals surface area contributed by atoms with E-state index in [1.165, 1.54) is 11.1 Å². The second-order valence-corrected chi connectivity index (χ2v) is 5.40.